The number of pyridine rings is 1. The molecule has 2 aliphatic rings. The summed E-state index contributed by atoms with van der Waals surface area (Å²) in [4.78, 5) is 56.7. The number of anilines is 1. The number of methoxy groups -OCH3 is 1. The molecule has 3 aromatic rings. The fourth-order valence-corrected chi connectivity index (χ4v) is 6.14. The first-order chi connectivity index (χ1) is 21.4. The molecule has 45 heavy (non-hydrogen) atoms. The van der Waals surface area contributed by atoms with Gasteiger partial charge in [-0.05, 0) is 43.5 Å². The number of benzene rings is 2. The second-order valence-electron chi connectivity index (χ2n) is 11.8. The van der Waals surface area contributed by atoms with E-state index in [1.165, 1.54) is 11.9 Å². The van der Waals surface area contributed by atoms with Crippen LogP contribution in [0.15, 0.2) is 48.5 Å². The van der Waals surface area contributed by atoms with Crippen molar-refractivity contribution in [1.82, 2.24) is 25.4 Å². The predicted molar refractivity (Wildman–Crippen MR) is 172 cm³/mol. The minimum Gasteiger partial charge on any atom is -0.481 e. The molecule has 11 nitrogen and oxygen atoms in total. The Kier molecular flexibility index (Phi) is 9.13. The molecule has 2 atom stereocenters. The maximum Gasteiger partial charge on any atom is 0.326 e. The summed E-state index contributed by atoms with van der Waals surface area (Å²) in [5.74, 6) is -1.50. The standard InChI is InChI=1S/C33H37ClN6O5/c1-19-21(8-7-11-25(19)36-29(42)24-17-39(3)32(44)40(4)31(24)43)22-9-6-10-23(28(22)34)26-13-12-20(30(37-26)45-5)16-35-18-33(2)15-14-27(41)38-33/h6-13,24,35H,14-18H2,1-5H3,(H,36,42)(H,38,41). The highest BCUT2D eigenvalue weighted by Crippen LogP contribution is 2.39. The number of nitrogens with one attached hydrogen (secondary N) is 3. The van der Waals surface area contributed by atoms with Crippen molar-refractivity contribution in [3.63, 3.8) is 0 Å². The van der Waals surface area contributed by atoms with Gasteiger partial charge in [0, 0.05) is 62.5 Å². The van der Waals surface area contributed by atoms with E-state index in [0.29, 0.717) is 47.4 Å². The van der Waals surface area contributed by atoms with Crippen LogP contribution in [0.2, 0.25) is 5.02 Å². The summed E-state index contributed by atoms with van der Waals surface area (Å²) in [6.45, 7) is 5.05. The van der Waals surface area contributed by atoms with Gasteiger partial charge in [0.2, 0.25) is 23.6 Å². The number of hydrogen-bond donors (Lipinski definition) is 3. The zero-order valence-electron chi connectivity index (χ0n) is 26.0. The fraction of sp³-hybridized carbons (Fsp3) is 0.364. The number of carbonyl (C=O) groups is 4. The van der Waals surface area contributed by atoms with Crippen molar-refractivity contribution < 1.29 is 23.9 Å². The van der Waals surface area contributed by atoms with E-state index >= 15 is 0 Å². The molecule has 3 N–H and O–H groups in total. The Morgan fingerprint density at radius 2 is 1.80 bits per heavy atom. The Morgan fingerprint density at radius 3 is 2.51 bits per heavy atom. The molecule has 0 saturated carbocycles. The minimum atomic E-state index is -1.02. The van der Waals surface area contributed by atoms with Gasteiger partial charge in [0.25, 0.3) is 0 Å². The van der Waals surface area contributed by atoms with E-state index in [0.717, 1.165) is 33.6 Å². The molecule has 3 heterocycles. The van der Waals surface area contributed by atoms with Gasteiger partial charge in [-0.3, -0.25) is 19.3 Å². The van der Waals surface area contributed by atoms with Crippen molar-refractivity contribution in [2.24, 2.45) is 5.92 Å². The molecule has 0 radical (unpaired) electrons. The molecular weight excluding hydrogens is 596 g/mol. The first-order valence-electron chi connectivity index (χ1n) is 14.7. The summed E-state index contributed by atoms with van der Waals surface area (Å²) < 4.78 is 5.62. The molecule has 2 unspecified atom stereocenters. The second kappa shape index (κ2) is 12.9. The van der Waals surface area contributed by atoms with Crippen LogP contribution in [-0.4, -0.2) is 78.4 Å². The summed E-state index contributed by atoms with van der Waals surface area (Å²) in [5.41, 5.74) is 4.81. The molecule has 12 heteroatoms. The molecule has 2 fully saturated rings. The Labute approximate surface area is 267 Å². The van der Waals surface area contributed by atoms with Gasteiger partial charge in [-0.2, -0.15) is 0 Å². The van der Waals surface area contributed by atoms with Crippen molar-refractivity contribution in [2.45, 2.75) is 38.8 Å². The summed E-state index contributed by atoms with van der Waals surface area (Å²) >= 11 is 7.01. The van der Waals surface area contributed by atoms with Gasteiger partial charge >= 0.3 is 6.03 Å². The number of hydrogen-bond acceptors (Lipinski definition) is 7. The Bertz CT molecular complexity index is 1680. The van der Waals surface area contributed by atoms with Gasteiger partial charge in [0.1, 0.15) is 5.92 Å². The number of rotatable bonds is 9. The third-order valence-electron chi connectivity index (χ3n) is 8.48. The molecule has 236 valence electrons. The first-order valence-corrected chi connectivity index (χ1v) is 15.1. The van der Waals surface area contributed by atoms with E-state index in [4.69, 9.17) is 21.3 Å². The van der Waals surface area contributed by atoms with Crippen molar-refractivity contribution >= 4 is 41.0 Å². The number of nitrogens with zero attached hydrogens (tertiary/aromatic N) is 3. The number of imide groups is 1. The maximum absolute atomic E-state index is 13.2. The van der Waals surface area contributed by atoms with Gasteiger partial charge in [-0.1, -0.05) is 48.0 Å². The van der Waals surface area contributed by atoms with Crippen LogP contribution >= 0.6 is 11.6 Å². The third kappa shape index (κ3) is 6.50. The van der Waals surface area contributed by atoms with Crippen LogP contribution in [0.5, 0.6) is 5.88 Å². The van der Waals surface area contributed by atoms with Crippen LogP contribution in [0.1, 0.15) is 30.9 Å². The van der Waals surface area contributed by atoms with E-state index in [1.54, 1.807) is 20.2 Å². The average Bonchev–Trinajstić information content (AvgIpc) is 3.37. The van der Waals surface area contributed by atoms with Crippen molar-refractivity contribution in [3.05, 3.63) is 64.7 Å². The molecule has 2 aliphatic heterocycles. The predicted octanol–water partition coefficient (Wildman–Crippen LogP) is 4.22. The van der Waals surface area contributed by atoms with Gasteiger partial charge in [-0.25, -0.2) is 9.78 Å². The average molecular weight is 633 g/mol. The Morgan fingerprint density at radius 1 is 1.09 bits per heavy atom. The van der Waals surface area contributed by atoms with Crippen molar-refractivity contribution in [1.29, 1.82) is 0 Å². The lowest BCUT2D eigenvalue weighted by molar-refractivity contribution is -0.140. The van der Waals surface area contributed by atoms with Crippen molar-refractivity contribution in [3.8, 4) is 28.3 Å². The molecule has 5 rings (SSSR count). The smallest absolute Gasteiger partial charge is 0.326 e. The van der Waals surface area contributed by atoms with E-state index in [1.807, 2.05) is 56.3 Å². The fourth-order valence-electron chi connectivity index (χ4n) is 5.82. The molecule has 0 bridgehead atoms. The first kappa shape index (κ1) is 31.9. The molecule has 0 spiro atoms. The highest BCUT2D eigenvalue weighted by molar-refractivity contribution is 6.36. The summed E-state index contributed by atoms with van der Waals surface area (Å²) in [5, 5.41) is 9.80. The Hall–Kier alpha value is -4.48. The van der Waals surface area contributed by atoms with Gasteiger partial charge < -0.3 is 25.6 Å². The summed E-state index contributed by atoms with van der Waals surface area (Å²) in [6.07, 6.45) is 1.32. The normalized spacial score (nSPS) is 20.0. The van der Waals surface area contributed by atoms with E-state index in [-0.39, 0.29) is 18.0 Å². The summed E-state index contributed by atoms with van der Waals surface area (Å²) in [6, 6.07) is 14.6. The molecule has 2 aromatic carbocycles. The molecule has 0 aliphatic carbocycles. The zero-order chi connectivity index (χ0) is 32.5. The zero-order valence-corrected chi connectivity index (χ0v) is 26.7. The van der Waals surface area contributed by atoms with Crippen LogP contribution in [-0.2, 0) is 20.9 Å². The summed E-state index contributed by atoms with van der Waals surface area (Å²) in [7, 11) is 4.50. The van der Waals surface area contributed by atoms with E-state index < -0.39 is 23.8 Å². The lowest BCUT2D eigenvalue weighted by Crippen LogP contribution is -2.56. The van der Waals surface area contributed by atoms with Gasteiger partial charge in [0.15, 0.2) is 0 Å². The molecule has 5 amide bonds. The number of halogens is 1. The molecule has 2 saturated heterocycles. The number of aromatic nitrogens is 1. The number of ether oxygens (including phenoxy) is 1. The van der Waals surface area contributed by atoms with Gasteiger partial charge in [-0.15, -0.1) is 0 Å². The largest absolute Gasteiger partial charge is 0.481 e. The number of amides is 5. The maximum atomic E-state index is 13.2. The monoisotopic (exact) mass is 632 g/mol. The van der Waals surface area contributed by atoms with Crippen molar-refractivity contribution in [2.75, 3.05) is 39.6 Å². The highest BCUT2D eigenvalue weighted by Gasteiger charge is 2.39. The third-order valence-corrected chi connectivity index (χ3v) is 8.89. The van der Waals surface area contributed by atoms with Crippen LogP contribution in [0, 0.1) is 12.8 Å². The quantitative estimate of drug-likeness (QED) is 0.301. The minimum absolute atomic E-state index is 0.00334. The number of urea groups is 1. The lowest BCUT2D eigenvalue weighted by atomic mass is 9.96. The number of carbonyl (C=O) groups excluding carboxylic acids is 4. The van der Waals surface area contributed by atoms with Crippen LogP contribution < -0.4 is 20.7 Å². The van der Waals surface area contributed by atoms with Crippen LogP contribution in [0.4, 0.5) is 10.5 Å². The highest BCUT2D eigenvalue weighted by atomic mass is 35.5. The van der Waals surface area contributed by atoms with Gasteiger partial charge in [0.05, 0.1) is 23.4 Å². The Balaban J connectivity index is 1.36. The lowest BCUT2D eigenvalue weighted by Gasteiger charge is -2.33. The van der Waals surface area contributed by atoms with Crippen LogP contribution in [0.25, 0.3) is 22.4 Å². The topological polar surface area (TPSA) is 133 Å². The van der Waals surface area contributed by atoms with E-state index in [2.05, 4.69) is 16.0 Å². The molecular formula is C33H37ClN6O5. The van der Waals surface area contributed by atoms with Crippen LogP contribution in [0.3, 0.4) is 0 Å². The van der Waals surface area contributed by atoms with E-state index in [9.17, 15) is 19.2 Å². The second-order valence-corrected chi connectivity index (χ2v) is 12.2. The SMILES string of the molecule is COc1nc(-c2cccc(-c3cccc(NC(=O)C4CN(C)C(=O)N(C)C4=O)c3C)c2Cl)ccc1CNCC1(C)CCC(=O)N1. The molecule has 1 aromatic heterocycles.